The number of hydrogen-bond acceptors (Lipinski definition) is 6. The van der Waals surface area contributed by atoms with Gasteiger partial charge in [-0.3, -0.25) is 4.79 Å². The van der Waals surface area contributed by atoms with Crippen LogP contribution in [-0.2, 0) is 11.2 Å². The fourth-order valence-corrected chi connectivity index (χ4v) is 3.66. The molecule has 1 saturated heterocycles. The predicted molar refractivity (Wildman–Crippen MR) is 111 cm³/mol. The quantitative estimate of drug-likeness (QED) is 0.639. The minimum Gasteiger partial charge on any atom is -0.368 e. The molecule has 31 heavy (non-hydrogen) atoms. The van der Waals surface area contributed by atoms with Gasteiger partial charge in [0.1, 0.15) is 23.5 Å². The van der Waals surface area contributed by atoms with E-state index in [9.17, 15) is 13.6 Å². The van der Waals surface area contributed by atoms with Crippen LogP contribution in [0.4, 0.5) is 14.6 Å². The van der Waals surface area contributed by atoms with E-state index >= 15 is 0 Å². The zero-order valence-corrected chi connectivity index (χ0v) is 17.3. The van der Waals surface area contributed by atoms with Gasteiger partial charge in [-0.25, -0.2) is 18.4 Å². The Labute approximate surface area is 178 Å². The summed E-state index contributed by atoms with van der Waals surface area (Å²) in [7, 11) is 0. The fourth-order valence-electron chi connectivity index (χ4n) is 3.66. The Morgan fingerprint density at radius 1 is 1.23 bits per heavy atom. The third-order valence-corrected chi connectivity index (χ3v) is 5.18. The van der Waals surface area contributed by atoms with E-state index in [1.165, 1.54) is 12.1 Å². The Morgan fingerprint density at radius 2 is 2.03 bits per heavy atom. The molecule has 8 nitrogen and oxygen atoms in total. The fraction of sp³-hybridized carbons (Fsp3) is 0.333. The number of hydrogen-bond donors (Lipinski definition) is 2. The normalized spacial score (nSPS) is 16.5. The molecule has 3 heterocycles. The molecule has 2 aromatic heterocycles. The van der Waals surface area contributed by atoms with Gasteiger partial charge in [0.25, 0.3) is 5.95 Å². The Morgan fingerprint density at radius 3 is 2.71 bits per heavy atom. The van der Waals surface area contributed by atoms with Crippen LogP contribution in [-0.4, -0.2) is 51.3 Å². The van der Waals surface area contributed by atoms with E-state index in [-0.39, 0.29) is 6.42 Å². The summed E-state index contributed by atoms with van der Waals surface area (Å²) in [6.07, 6.45) is 0.152. The van der Waals surface area contributed by atoms with Crippen LogP contribution in [0.15, 0.2) is 30.3 Å². The minimum atomic E-state index is -0.635. The van der Waals surface area contributed by atoms with Crippen molar-refractivity contribution in [1.29, 1.82) is 0 Å². The number of primary amides is 1. The lowest BCUT2D eigenvalue weighted by molar-refractivity contribution is -0.120. The number of aromatic nitrogens is 4. The summed E-state index contributed by atoms with van der Waals surface area (Å²) in [6, 6.07) is 6.64. The number of nitrogens with one attached hydrogen (secondary N) is 1. The van der Waals surface area contributed by atoms with Crippen molar-refractivity contribution in [2.24, 2.45) is 5.73 Å². The van der Waals surface area contributed by atoms with Crippen LogP contribution in [0.2, 0.25) is 0 Å². The first-order valence-electron chi connectivity index (χ1n) is 9.93. The van der Waals surface area contributed by atoms with Crippen LogP contribution in [0.1, 0.15) is 22.6 Å². The zero-order valence-electron chi connectivity index (χ0n) is 17.3. The summed E-state index contributed by atoms with van der Waals surface area (Å²) < 4.78 is 29.2. The molecule has 1 amide bonds. The Bertz CT molecular complexity index is 1130. The maximum absolute atomic E-state index is 14.3. The van der Waals surface area contributed by atoms with Gasteiger partial charge in [0.2, 0.25) is 5.91 Å². The van der Waals surface area contributed by atoms with E-state index in [0.29, 0.717) is 42.7 Å². The molecule has 0 spiro atoms. The third kappa shape index (κ3) is 4.53. The number of halogens is 2. The Hall–Kier alpha value is -3.40. The molecule has 0 radical (unpaired) electrons. The maximum atomic E-state index is 14.3. The number of nitrogens with zero attached hydrogens (tertiary/aromatic N) is 5. The largest absolute Gasteiger partial charge is 0.368 e. The van der Waals surface area contributed by atoms with Crippen LogP contribution in [0, 0.1) is 25.5 Å². The van der Waals surface area contributed by atoms with E-state index in [2.05, 4.69) is 20.4 Å². The van der Waals surface area contributed by atoms with Crippen molar-refractivity contribution in [3.8, 4) is 5.95 Å². The Kier molecular flexibility index (Phi) is 5.64. The number of piperazine rings is 1. The van der Waals surface area contributed by atoms with Crippen LogP contribution in [0.25, 0.3) is 5.95 Å². The molecule has 0 bridgehead atoms. The summed E-state index contributed by atoms with van der Waals surface area (Å²) in [6.45, 7) is 5.29. The van der Waals surface area contributed by atoms with Gasteiger partial charge in [-0.15, -0.1) is 0 Å². The molecule has 1 atom stereocenters. The first kappa shape index (κ1) is 20.9. The molecular formula is C21H23F2N7O. The average molecular weight is 427 g/mol. The molecule has 4 rings (SSSR count). The van der Waals surface area contributed by atoms with Crippen LogP contribution in [0.3, 0.4) is 0 Å². The molecule has 0 saturated carbocycles. The number of rotatable bonds is 5. The molecule has 3 aromatic rings. The SMILES string of the molecule is Cc1cc(C)n(-c2nc(Cc3ccc(F)cc3F)cc(N3CCN[C@@H](C(N)=O)C3)n2)n1. The smallest absolute Gasteiger partial charge is 0.252 e. The third-order valence-electron chi connectivity index (χ3n) is 5.18. The zero-order chi connectivity index (χ0) is 22.1. The minimum absolute atomic E-state index is 0.152. The number of anilines is 1. The summed E-state index contributed by atoms with van der Waals surface area (Å²) in [5.41, 5.74) is 8.00. The number of carbonyl (C=O) groups is 1. The number of benzene rings is 1. The van der Waals surface area contributed by atoms with Gasteiger partial charge in [-0.1, -0.05) is 6.07 Å². The lowest BCUT2D eigenvalue weighted by atomic mass is 10.1. The van der Waals surface area contributed by atoms with Gasteiger partial charge in [-0.05, 0) is 31.5 Å². The monoisotopic (exact) mass is 427 g/mol. The molecule has 0 unspecified atom stereocenters. The predicted octanol–water partition coefficient (Wildman–Crippen LogP) is 1.41. The highest BCUT2D eigenvalue weighted by atomic mass is 19.1. The molecular weight excluding hydrogens is 404 g/mol. The molecule has 1 aliphatic heterocycles. The summed E-state index contributed by atoms with van der Waals surface area (Å²) >= 11 is 0. The molecule has 3 N–H and O–H groups in total. The topological polar surface area (TPSA) is 102 Å². The lowest BCUT2D eigenvalue weighted by Gasteiger charge is -2.33. The molecule has 1 aliphatic rings. The number of carbonyl (C=O) groups excluding carboxylic acids is 1. The molecule has 1 fully saturated rings. The highest BCUT2D eigenvalue weighted by Gasteiger charge is 2.25. The highest BCUT2D eigenvalue weighted by molar-refractivity contribution is 5.80. The second kappa shape index (κ2) is 8.38. The van der Waals surface area contributed by atoms with Crippen molar-refractivity contribution in [2.45, 2.75) is 26.3 Å². The molecule has 162 valence electrons. The Balaban J connectivity index is 1.75. The van der Waals surface area contributed by atoms with Gasteiger partial charge in [-0.2, -0.15) is 10.1 Å². The average Bonchev–Trinajstić information content (AvgIpc) is 3.08. The van der Waals surface area contributed by atoms with Crippen LogP contribution in [0.5, 0.6) is 0 Å². The molecule has 0 aliphatic carbocycles. The van der Waals surface area contributed by atoms with Crippen LogP contribution >= 0.6 is 0 Å². The molecule has 1 aromatic carbocycles. The van der Waals surface area contributed by atoms with E-state index in [0.717, 1.165) is 17.5 Å². The van der Waals surface area contributed by atoms with Crippen molar-refractivity contribution < 1.29 is 13.6 Å². The first-order valence-corrected chi connectivity index (χ1v) is 9.93. The number of amides is 1. The van der Waals surface area contributed by atoms with E-state index < -0.39 is 23.6 Å². The van der Waals surface area contributed by atoms with E-state index in [4.69, 9.17) is 5.73 Å². The second-order valence-corrected chi connectivity index (χ2v) is 7.62. The van der Waals surface area contributed by atoms with Gasteiger partial charge < -0.3 is 16.0 Å². The summed E-state index contributed by atoms with van der Waals surface area (Å²) in [5.74, 6) is -0.779. The van der Waals surface area contributed by atoms with Crippen molar-refractivity contribution in [1.82, 2.24) is 25.1 Å². The van der Waals surface area contributed by atoms with Crippen molar-refractivity contribution in [2.75, 3.05) is 24.5 Å². The van der Waals surface area contributed by atoms with Gasteiger partial charge in [0.05, 0.1) is 11.4 Å². The van der Waals surface area contributed by atoms with Crippen molar-refractivity contribution in [3.63, 3.8) is 0 Å². The summed E-state index contributed by atoms with van der Waals surface area (Å²) in [4.78, 5) is 22.8. The first-order chi connectivity index (χ1) is 14.8. The van der Waals surface area contributed by atoms with E-state index in [1.807, 2.05) is 24.8 Å². The van der Waals surface area contributed by atoms with Gasteiger partial charge >= 0.3 is 0 Å². The summed E-state index contributed by atoms with van der Waals surface area (Å²) in [5, 5.41) is 7.53. The number of nitrogens with two attached hydrogens (primary N) is 1. The maximum Gasteiger partial charge on any atom is 0.252 e. The highest BCUT2D eigenvalue weighted by Crippen LogP contribution is 2.21. The second-order valence-electron chi connectivity index (χ2n) is 7.62. The lowest BCUT2D eigenvalue weighted by Crippen LogP contribution is -2.56. The van der Waals surface area contributed by atoms with Gasteiger partial charge in [0.15, 0.2) is 0 Å². The van der Waals surface area contributed by atoms with Crippen LogP contribution < -0.4 is 16.0 Å². The van der Waals surface area contributed by atoms with Crippen molar-refractivity contribution >= 4 is 11.7 Å². The van der Waals surface area contributed by atoms with Gasteiger partial charge in [0, 0.05) is 43.9 Å². The number of aryl methyl sites for hydroxylation is 2. The molecule has 10 heteroatoms. The standard InChI is InChI=1S/C21H23F2N7O/c1-12-7-13(2)30(28-12)21-26-16(8-14-3-4-15(22)9-17(14)23)10-19(27-21)29-6-5-25-18(11-29)20(24)31/h3-4,7,9-10,18,25H,5-6,8,11H2,1-2H3,(H2,24,31)/t18-/m1/s1. The van der Waals surface area contributed by atoms with Crippen molar-refractivity contribution in [3.05, 3.63) is 64.6 Å². The van der Waals surface area contributed by atoms with E-state index in [1.54, 1.807) is 10.7 Å².